The lowest BCUT2D eigenvalue weighted by molar-refractivity contribution is -0.118. The Bertz CT molecular complexity index is 1620. The van der Waals surface area contributed by atoms with Crippen molar-refractivity contribution in [1.82, 2.24) is 15.2 Å². The van der Waals surface area contributed by atoms with E-state index >= 15 is 0 Å². The molecule has 2 aromatic heterocycles. The number of Topliss-reactive ketones (excluding diaryl/α,β-unsaturated/α-hetero) is 1. The zero-order valence-corrected chi connectivity index (χ0v) is 24.7. The molecule has 2 aliphatic rings. The molecule has 3 N–H and O–H groups in total. The number of nitrogens with zero attached hydrogens (tertiary/aromatic N) is 5. The number of nitrogens with one attached hydrogen (secondary N) is 1. The van der Waals surface area contributed by atoms with Crippen molar-refractivity contribution >= 4 is 63.4 Å². The van der Waals surface area contributed by atoms with Crippen molar-refractivity contribution in [3.63, 3.8) is 0 Å². The van der Waals surface area contributed by atoms with Gasteiger partial charge < -0.3 is 11.1 Å². The highest BCUT2D eigenvalue weighted by Gasteiger charge is 2.44. The van der Waals surface area contributed by atoms with E-state index in [1.165, 1.54) is 29.3 Å². The second kappa shape index (κ2) is 11.9. The predicted molar refractivity (Wildman–Crippen MR) is 162 cm³/mol. The van der Waals surface area contributed by atoms with Gasteiger partial charge in [-0.25, -0.2) is 4.98 Å². The van der Waals surface area contributed by atoms with Crippen molar-refractivity contribution in [2.75, 3.05) is 16.0 Å². The van der Waals surface area contributed by atoms with E-state index in [-0.39, 0.29) is 34.3 Å². The Balaban J connectivity index is 1.43. The maximum atomic E-state index is 13.6. The van der Waals surface area contributed by atoms with E-state index in [4.69, 9.17) is 17.3 Å². The van der Waals surface area contributed by atoms with Crippen LogP contribution < -0.4 is 16.0 Å². The van der Waals surface area contributed by atoms with Gasteiger partial charge in [0.25, 0.3) is 0 Å². The fourth-order valence-corrected chi connectivity index (χ4v) is 6.63. The van der Waals surface area contributed by atoms with Gasteiger partial charge in [0, 0.05) is 29.8 Å². The van der Waals surface area contributed by atoms with Gasteiger partial charge in [0.05, 0.1) is 22.4 Å². The molecule has 5 rings (SSSR count). The fraction of sp³-hybridized carbons (Fsp3) is 0.241. The molecule has 3 heterocycles. The highest BCUT2D eigenvalue weighted by Crippen LogP contribution is 2.48. The summed E-state index contributed by atoms with van der Waals surface area (Å²) in [5.74, 6) is -0.146. The molecule has 0 spiro atoms. The van der Waals surface area contributed by atoms with E-state index < -0.39 is 5.92 Å². The summed E-state index contributed by atoms with van der Waals surface area (Å²) in [6, 6.07) is 15.2. The lowest BCUT2D eigenvalue weighted by atomic mass is 9.70. The Kier molecular flexibility index (Phi) is 8.26. The number of nitrogens with two attached hydrogens (primary N) is 1. The largest absolute Gasteiger partial charge is 0.384 e. The summed E-state index contributed by atoms with van der Waals surface area (Å²) in [4.78, 5) is 31.8. The highest BCUT2D eigenvalue weighted by atomic mass is 35.5. The first kappa shape index (κ1) is 28.5. The first-order valence-corrected chi connectivity index (χ1v) is 14.9. The molecule has 1 aliphatic heterocycles. The Morgan fingerprint density at radius 1 is 1.27 bits per heavy atom. The molecule has 1 amide bonds. The van der Waals surface area contributed by atoms with Gasteiger partial charge in [0.1, 0.15) is 11.6 Å². The van der Waals surface area contributed by atoms with Gasteiger partial charge in [-0.3, -0.25) is 14.5 Å². The van der Waals surface area contributed by atoms with Crippen LogP contribution in [0, 0.1) is 22.7 Å². The second-order valence-electron chi connectivity index (χ2n) is 10.3. The average Bonchev–Trinajstić information content (AvgIpc) is 3.40. The number of ketones is 1. The monoisotopic (exact) mass is 603 g/mol. The number of pyridine rings is 1. The number of nitriles is 1. The van der Waals surface area contributed by atoms with E-state index in [1.807, 2.05) is 56.3 Å². The number of amides is 1. The maximum absolute atomic E-state index is 13.6. The molecule has 0 fully saturated rings. The van der Waals surface area contributed by atoms with Crippen molar-refractivity contribution in [3.8, 4) is 6.07 Å². The van der Waals surface area contributed by atoms with Gasteiger partial charge in [-0.1, -0.05) is 91.0 Å². The van der Waals surface area contributed by atoms with Crippen LogP contribution in [0.3, 0.4) is 0 Å². The van der Waals surface area contributed by atoms with Crippen LogP contribution in [0.1, 0.15) is 32.3 Å². The third kappa shape index (κ3) is 6.35. The summed E-state index contributed by atoms with van der Waals surface area (Å²) in [5.41, 5.74) is 8.87. The maximum Gasteiger partial charge on any atom is 0.235 e. The summed E-state index contributed by atoms with van der Waals surface area (Å²) >= 11 is 8.30. The van der Waals surface area contributed by atoms with Gasteiger partial charge in [-0.05, 0) is 29.5 Å². The minimum atomic E-state index is -0.568. The number of hydrogen-bond donors (Lipinski definition) is 2. The number of carbonyl (C=O) groups excluding carboxylic acids is 2. The molecule has 1 atom stereocenters. The molecule has 0 saturated heterocycles. The van der Waals surface area contributed by atoms with Crippen LogP contribution in [-0.4, -0.2) is 32.6 Å². The molecule has 41 heavy (non-hydrogen) atoms. The van der Waals surface area contributed by atoms with Crippen molar-refractivity contribution in [2.45, 2.75) is 31.0 Å². The summed E-state index contributed by atoms with van der Waals surface area (Å²) < 4.78 is 0.542. The zero-order chi connectivity index (χ0) is 29.1. The molecule has 1 aromatic carbocycles. The number of anilines is 2. The number of aromatic nitrogens is 3. The Hall–Kier alpha value is -3.98. The van der Waals surface area contributed by atoms with Crippen molar-refractivity contribution in [2.24, 2.45) is 17.1 Å². The van der Waals surface area contributed by atoms with Gasteiger partial charge in [0.15, 0.2) is 10.1 Å². The first-order chi connectivity index (χ1) is 19.6. The Morgan fingerprint density at radius 3 is 2.76 bits per heavy atom. The van der Waals surface area contributed by atoms with Crippen LogP contribution in [0.25, 0.3) is 6.08 Å². The Labute approximate surface area is 250 Å². The van der Waals surface area contributed by atoms with Crippen LogP contribution in [0.15, 0.2) is 81.7 Å². The first-order valence-electron chi connectivity index (χ1n) is 12.7. The number of carbonyl (C=O) groups is 2. The van der Waals surface area contributed by atoms with Gasteiger partial charge in [-0.2, -0.15) is 5.26 Å². The van der Waals surface area contributed by atoms with Crippen LogP contribution in [0.2, 0.25) is 5.02 Å². The normalized spacial score (nSPS) is 18.4. The van der Waals surface area contributed by atoms with E-state index in [2.05, 4.69) is 26.6 Å². The van der Waals surface area contributed by atoms with E-state index in [9.17, 15) is 14.9 Å². The standard InChI is InChI=1S/C29H26ClN7O2S2/c1-29(2)12-21-25(22(38)13-29)19(10-8-17-6-4-3-5-7-17)20(14-31)26(32)37(21)27-35-36-28(41-27)40-16-24(39)34-23-11-9-18(30)15-33-23/h3-11,15,19H,12-13,16,32H2,1-2H3,(H,33,34,39)/b10-8+. The number of allylic oxidation sites excluding steroid dienone is 4. The number of hydrogen-bond acceptors (Lipinski definition) is 10. The van der Waals surface area contributed by atoms with E-state index in [0.29, 0.717) is 38.7 Å². The molecule has 0 bridgehead atoms. The van der Waals surface area contributed by atoms with Crippen LogP contribution in [-0.2, 0) is 9.59 Å². The number of benzene rings is 1. The zero-order valence-electron chi connectivity index (χ0n) is 22.3. The second-order valence-corrected chi connectivity index (χ2v) is 13.0. The minimum absolute atomic E-state index is 0.0178. The van der Waals surface area contributed by atoms with E-state index in [0.717, 1.165) is 11.3 Å². The molecule has 1 aliphatic carbocycles. The van der Waals surface area contributed by atoms with Crippen LogP contribution >= 0.6 is 34.7 Å². The number of halogens is 1. The molecule has 0 saturated carbocycles. The smallest absolute Gasteiger partial charge is 0.235 e. The fourth-order valence-electron chi connectivity index (χ4n) is 4.84. The quantitative estimate of drug-likeness (QED) is 0.321. The van der Waals surface area contributed by atoms with Crippen molar-refractivity contribution in [1.29, 1.82) is 5.26 Å². The third-order valence-corrected chi connectivity index (χ3v) is 8.88. The molecule has 9 nitrogen and oxygen atoms in total. The molecule has 0 radical (unpaired) electrons. The van der Waals surface area contributed by atoms with Gasteiger partial charge in [-0.15, -0.1) is 10.2 Å². The summed E-state index contributed by atoms with van der Waals surface area (Å²) in [5, 5.41) is 22.4. The molecular formula is C29H26ClN7O2S2. The molecule has 3 aromatic rings. The molecular weight excluding hydrogens is 578 g/mol. The van der Waals surface area contributed by atoms with Gasteiger partial charge >= 0.3 is 0 Å². The highest BCUT2D eigenvalue weighted by molar-refractivity contribution is 8.01. The molecule has 12 heteroatoms. The summed E-state index contributed by atoms with van der Waals surface area (Å²) in [6.07, 6.45) is 6.17. The lowest BCUT2D eigenvalue weighted by Gasteiger charge is -2.41. The van der Waals surface area contributed by atoms with E-state index in [1.54, 1.807) is 17.0 Å². The van der Waals surface area contributed by atoms with Crippen molar-refractivity contribution < 1.29 is 9.59 Å². The average molecular weight is 604 g/mol. The minimum Gasteiger partial charge on any atom is -0.384 e. The Morgan fingerprint density at radius 2 is 2.05 bits per heavy atom. The molecule has 1 unspecified atom stereocenters. The summed E-state index contributed by atoms with van der Waals surface area (Å²) in [6.45, 7) is 4.08. The summed E-state index contributed by atoms with van der Waals surface area (Å²) in [7, 11) is 0. The van der Waals surface area contributed by atoms with Gasteiger partial charge in [0.2, 0.25) is 11.0 Å². The SMILES string of the molecule is CC1(C)CC(=O)C2=C(C1)N(c1nnc(SCC(=O)Nc3ccc(Cl)cn3)s1)C(N)=C(C#N)C2/C=C/c1ccccc1. The van der Waals surface area contributed by atoms with Crippen LogP contribution in [0.5, 0.6) is 0 Å². The third-order valence-electron chi connectivity index (χ3n) is 6.62. The number of thioether (sulfide) groups is 1. The van der Waals surface area contributed by atoms with Crippen LogP contribution in [0.4, 0.5) is 10.9 Å². The predicted octanol–water partition coefficient (Wildman–Crippen LogP) is 5.80. The van der Waals surface area contributed by atoms with Crippen molar-refractivity contribution in [3.05, 3.63) is 88.0 Å². The topological polar surface area (TPSA) is 138 Å². The molecule has 208 valence electrons. The number of rotatable bonds is 7. The lowest BCUT2D eigenvalue weighted by Crippen LogP contribution is -2.42.